The van der Waals surface area contributed by atoms with Gasteiger partial charge in [-0.05, 0) is 17.7 Å². The normalized spacial score (nSPS) is 10.0. The summed E-state index contributed by atoms with van der Waals surface area (Å²) in [4.78, 5) is 26.8. The first-order chi connectivity index (χ1) is 9.66. The van der Waals surface area contributed by atoms with Crippen molar-refractivity contribution >= 4 is 11.6 Å². The molecule has 20 heavy (non-hydrogen) atoms. The third-order valence-corrected chi connectivity index (χ3v) is 2.59. The maximum absolute atomic E-state index is 11.7. The highest BCUT2D eigenvalue weighted by molar-refractivity contribution is 5.93. The van der Waals surface area contributed by atoms with Crippen LogP contribution in [0.4, 0.5) is 5.69 Å². The standard InChI is InChI=1S/C14H12N2O4/c17-14(12-6-8-13(9-7-12)16(18)19)15-20-10-11-4-2-1-3-5-11/h1-9H,10H2,(H,15,17). The van der Waals surface area contributed by atoms with E-state index in [-0.39, 0.29) is 12.3 Å². The number of benzene rings is 2. The second-order valence-electron chi connectivity index (χ2n) is 4.01. The van der Waals surface area contributed by atoms with Crippen LogP contribution in [-0.2, 0) is 11.4 Å². The van der Waals surface area contributed by atoms with E-state index in [0.29, 0.717) is 5.56 Å². The summed E-state index contributed by atoms with van der Waals surface area (Å²) in [5, 5.41) is 10.5. The first-order valence-corrected chi connectivity index (χ1v) is 5.87. The maximum Gasteiger partial charge on any atom is 0.274 e. The first-order valence-electron chi connectivity index (χ1n) is 5.87. The van der Waals surface area contributed by atoms with Crippen molar-refractivity contribution in [1.82, 2.24) is 5.48 Å². The lowest BCUT2D eigenvalue weighted by atomic mass is 10.2. The van der Waals surface area contributed by atoms with Gasteiger partial charge in [0.05, 0.1) is 11.5 Å². The van der Waals surface area contributed by atoms with Gasteiger partial charge < -0.3 is 0 Å². The number of hydrogen-bond acceptors (Lipinski definition) is 4. The molecule has 0 heterocycles. The van der Waals surface area contributed by atoms with Crippen LogP contribution < -0.4 is 5.48 Å². The summed E-state index contributed by atoms with van der Waals surface area (Å²) in [7, 11) is 0. The Hall–Kier alpha value is -2.73. The molecule has 0 aliphatic heterocycles. The summed E-state index contributed by atoms with van der Waals surface area (Å²) in [6.45, 7) is 0.250. The Bertz CT molecular complexity index is 596. The topological polar surface area (TPSA) is 81.5 Å². The van der Waals surface area contributed by atoms with E-state index in [1.54, 1.807) is 0 Å². The predicted molar refractivity (Wildman–Crippen MR) is 71.8 cm³/mol. The van der Waals surface area contributed by atoms with Gasteiger partial charge in [0.2, 0.25) is 0 Å². The molecule has 0 atom stereocenters. The number of nitro benzene ring substituents is 1. The zero-order valence-corrected chi connectivity index (χ0v) is 10.5. The Kier molecular flexibility index (Phi) is 4.41. The predicted octanol–water partition coefficient (Wildman–Crippen LogP) is 2.46. The Morgan fingerprint density at radius 1 is 1.10 bits per heavy atom. The number of nitrogens with zero attached hydrogens (tertiary/aromatic N) is 1. The molecule has 0 saturated heterocycles. The molecule has 2 aromatic carbocycles. The molecule has 102 valence electrons. The smallest absolute Gasteiger partial charge is 0.269 e. The Labute approximate surface area is 115 Å². The molecule has 0 fully saturated rings. The average molecular weight is 272 g/mol. The summed E-state index contributed by atoms with van der Waals surface area (Å²) in [5.74, 6) is -0.448. The number of nitro groups is 1. The van der Waals surface area contributed by atoms with Crippen molar-refractivity contribution in [3.8, 4) is 0 Å². The van der Waals surface area contributed by atoms with Gasteiger partial charge in [0.15, 0.2) is 0 Å². The SMILES string of the molecule is O=C(NOCc1ccccc1)c1ccc([N+](=O)[O-])cc1. The third kappa shape index (κ3) is 3.63. The van der Waals surface area contributed by atoms with Crippen LogP contribution in [-0.4, -0.2) is 10.8 Å². The van der Waals surface area contributed by atoms with E-state index in [2.05, 4.69) is 5.48 Å². The van der Waals surface area contributed by atoms with Gasteiger partial charge in [0, 0.05) is 17.7 Å². The van der Waals surface area contributed by atoms with Gasteiger partial charge >= 0.3 is 0 Å². The molecular formula is C14H12N2O4. The van der Waals surface area contributed by atoms with Gasteiger partial charge in [-0.1, -0.05) is 30.3 Å². The van der Waals surface area contributed by atoms with Crippen LogP contribution in [0.5, 0.6) is 0 Å². The van der Waals surface area contributed by atoms with E-state index >= 15 is 0 Å². The summed E-state index contributed by atoms with van der Waals surface area (Å²) in [6, 6.07) is 14.7. The van der Waals surface area contributed by atoms with E-state index < -0.39 is 10.8 Å². The zero-order valence-electron chi connectivity index (χ0n) is 10.5. The molecule has 0 aliphatic carbocycles. The lowest BCUT2D eigenvalue weighted by molar-refractivity contribution is -0.384. The molecule has 0 radical (unpaired) electrons. The van der Waals surface area contributed by atoms with Crippen molar-refractivity contribution in [2.75, 3.05) is 0 Å². The highest BCUT2D eigenvalue weighted by Crippen LogP contribution is 2.11. The van der Waals surface area contributed by atoms with Gasteiger partial charge in [0.1, 0.15) is 0 Å². The molecule has 6 heteroatoms. The van der Waals surface area contributed by atoms with Gasteiger partial charge in [-0.15, -0.1) is 0 Å². The number of nitrogens with one attached hydrogen (secondary N) is 1. The molecular weight excluding hydrogens is 260 g/mol. The minimum absolute atomic E-state index is 0.0632. The van der Waals surface area contributed by atoms with Crippen LogP contribution in [0.25, 0.3) is 0 Å². The summed E-state index contributed by atoms with van der Waals surface area (Å²) in [5.41, 5.74) is 3.45. The molecule has 2 rings (SSSR count). The summed E-state index contributed by atoms with van der Waals surface area (Å²) >= 11 is 0. The number of hydroxylamine groups is 1. The summed E-state index contributed by atoms with van der Waals surface area (Å²) in [6.07, 6.45) is 0. The molecule has 0 bridgehead atoms. The Morgan fingerprint density at radius 2 is 1.75 bits per heavy atom. The van der Waals surface area contributed by atoms with Gasteiger partial charge in [0.25, 0.3) is 11.6 Å². The van der Waals surface area contributed by atoms with E-state index in [9.17, 15) is 14.9 Å². The monoisotopic (exact) mass is 272 g/mol. The quantitative estimate of drug-likeness (QED) is 0.669. The zero-order chi connectivity index (χ0) is 14.4. The van der Waals surface area contributed by atoms with Crippen molar-refractivity contribution < 1.29 is 14.6 Å². The van der Waals surface area contributed by atoms with Crippen LogP contribution in [0.15, 0.2) is 54.6 Å². The average Bonchev–Trinajstić information content (AvgIpc) is 2.48. The van der Waals surface area contributed by atoms with Gasteiger partial charge in [-0.2, -0.15) is 0 Å². The first kappa shape index (κ1) is 13.7. The van der Waals surface area contributed by atoms with Gasteiger partial charge in [-0.25, -0.2) is 5.48 Å². The van der Waals surface area contributed by atoms with Crippen molar-refractivity contribution in [3.05, 3.63) is 75.8 Å². The number of carbonyl (C=O) groups excluding carboxylic acids is 1. The van der Waals surface area contributed by atoms with Crippen LogP contribution in [0.1, 0.15) is 15.9 Å². The second kappa shape index (κ2) is 6.44. The molecule has 0 aromatic heterocycles. The molecule has 0 spiro atoms. The minimum Gasteiger partial charge on any atom is -0.269 e. The van der Waals surface area contributed by atoms with Gasteiger partial charge in [-0.3, -0.25) is 19.7 Å². The fourth-order valence-electron chi connectivity index (χ4n) is 1.55. The second-order valence-corrected chi connectivity index (χ2v) is 4.01. The molecule has 0 unspecified atom stereocenters. The van der Waals surface area contributed by atoms with E-state index in [0.717, 1.165) is 5.56 Å². The molecule has 1 amide bonds. The van der Waals surface area contributed by atoms with Crippen LogP contribution in [0.3, 0.4) is 0 Å². The van der Waals surface area contributed by atoms with Crippen LogP contribution in [0, 0.1) is 10.1 Å². The number of non-ortho nitro benzene ring substituents is 1. The van der Waals surface area contributed by atoms with E-state index in [1.165, 1.54) is 24.3 Å². The molecule has 0 saturated carbocycles. The fourth-order valence-corrected chi connectivity index (χ4v) is 1.55. The van der Waals surface area contributed by atoms with Crippen LogP contribution in [0.2, 0.25) is 0 Å². The Balaban J connectivity index is 1.87. The summed E-state index contributed by atoms with van der Waals surface area (Å²) < 4.78 is 0. The third-order valence-electron chi connectivity index (χ3n) is 2.59. The van der Waals surface area contributed by atoms with Crippen molar-refractivity contribution in [2.24, 2.45) is 0 Å². The number of amides is 1. The van der Waals surface area contributed by atoms with E-state index in [1.807, 2.05) is 30.3 Å². The van der Waals surface area contributed by atoms with E-state index in [4.69, 9.17) is 4.84 Å². The molecule has 1 N–H and O–H groups in total. The highest BCUT2D eigenvalue weighted by Gasteiger charge is 2.09. The van der Waals surface area contributed by atoms with Crippen molar-refractivity contribution in [3.63, 3.8) is 0 Å². The maximum atomic E-state index is 11.7. The Morgan fingerprint density at radius 3 is 2.35 bits per heavy atom. The number of carbonyl (C=O) groups is 1. The number of hydrogen-bond donors (Lipinski definition) is 1. The molecule has 6 nitrogen and oxygen atoms in total. The van der Waals surface area contributed by atoms with Crippen LogP contribution >= 0.6 is 0 Å². The largest absolute Gasteiger partial charge is 0.274 e. The lowest BCUT2D eigenvalue weighted by Crippen LogP contribution is -2.23. The molecule has 2 aromatic rings. The molecule has 0 aliphatic rings. The van der Waals surface area contributed by atoms with Crippen molar-refractivity contribution in [2.45, 2.75) is 6.61 Å². The van der Waals surface area contributed by atoms with Crippen molar-refractivity contribution in [1.29, 1.82) is 0 Å². The number of rotatable bonds is 5. The highest BCUT2D eigenvalue weighted by atomic mass is 16.7. The minimum atomic E-state index is -0.520. The fraction of sp³-hybridized carbons (Fsp3) is 0.0714. The lowest BCUT2D eigenvalue weighted by Gasteiger charge is -2.05.